The number of fused-ring (bicyclic) bond motifs is 1. The van der Waals surface area contributed by atoms with E-state index in [0.29, 0.717) is 10.0 Å². The van der Waals surface area contributed by atoms with Crippen LogP contribution in [0.5, 0.6) is 0 Å². The highest BCUT2D eigenvalue weighted by atomic mass is 35.5. The topological polar surface area (TPSA) is 15.3 Å². The van der Waals surface area contributed by atoms with Gasteiger partial charge in [-0.05, 0) is 18.4 Å². The summed E-state index contributed by atoms with van der Waals surface area (Å²) < 4.78 is 0. The summed E-state index contributed by atoms with van der Waals surface area (Å²) >= 11 is 13.6. The normalized spacial score (nSPS) is 19.4. The molecule has 0 bridgehead atoms. The molecule has 1 N–H and O–H groups in total. The highest BCUT2D eigenvalue weighted by Gasteiger charge is 2.25. The van der Waals surface area contributed by atoms with E-state index in [9.17, 15) is 0 Å². The van der Waals surface area contributed by atoms with Gasteiger partial charge < -0.3 is 10.2 Å². The number of benzene rings is 1. The van der Waals surface area contributed by atoms with Crippen LogP contribution in [-0.4, -0.2) is 18.8 Å². The zero-order valence-corrected chi connectivity index (χ0v) is 10.2. The van der Waals surface area contributed by atoms with E-state index in [2.05, 4.69) is 16.5 Å². The van der Waals surface area contributed by atoms with Gasteiger partial charge in [-0.3, -0.25) is 0 Å². The van der Waals surface area contributed by atoms with Crippen LogP contribution in [0.4, 0.5) is 11.4 Å². The number of halogens is 2. The minimum atomic E-state index is 0.263. The molecular weight excluding hydrogens is 239 g/mol. The number of nitrogens with one attached hydrogen (secondary N) is 1. The number of hydrogen-bond acceptors (Lipinski definition) is 3. The molecule has 1 aromatic rings. The predicted octanol–water partition coefficient (Wildman–Crippen LogP) is 3.50. The Morgan fingerprint density at radius 2 is 2.00 bits per heavy atom. The summed E-state index contributed by atoms with van der Waals surface area (Å²) in [5.74, 6) is 0. The SMILES string of the molecule is CSC1Nc2cc(Cl)c(Cl)cc2N1C. The van der Waals surface area contributed by atoms with E-state index in [0.717, 1.165) is 11.4 Å². The van der Waals surface area contributed by atoms with Crippen LogP contribution in [0.2, 0.25) is 10.0 Å². The molecule has 2 rings (SSSR count). The van der Waals surface area contributed by atoms with Gasteiger partial charge in [0.1, 0.15) is 5.50 Å². The molecular formula is C9H10Cl2N2S. The Hall–Kier alpha value is -0.250. The molecule has 76 valence electrons. The van der Waals surface area contributed by atoms with Gasteiger partial charge in [-0.15, -0.1) is 11.8 Å². The van der Waals surface area contributed by atoms with E-state index in [-0.39, 0.29) is 5.50 Å². The van der Waals surface area contributed by atoms with Crippen LogP contribution in [0.3, 0.4) is 0 Å². The van der Waals surface area contributed by atoms with Gasteiger partial charge in [0.15, 0.2) is 0 Å². The lowest BCUT2D eigenvalue weighted by molar-refractivity contribution is 0.975. The first-order valence-electron chi connectivity index (χ1n) is 4.14. The number of anilines is 2. The van der Waals surface area contributed by atoms with Crippen molar-refractivity contribution in [3.8, 4) is 0 Å². The van der Waals surface area contributed by atoms with Gasteiger partial charge in [0.05, 0.1) is 21.4 Å². The monoisotopic (exact) mass is 248 g/mol. The molecule has 1 aliphatic rings. The van der Waals surface area contributed by atoms with Crippen LogP contribution < -0.4 is 10.2 Å². The van der Waals surface area contributed by atoms with Crippen LogP contribution in [-0.2, 0) is 0 Å². The van der Waals surface area contributed by atoms with Gasteiger partial charge in [0, 0.05) is 7.05 Å². The van der Waals surface area contributed by atoms with Crippen molar-refractivity contribution in [2.75, 3.05) is 23.5 Å². The summed E-state index contributed by atoms with van der Waals surface area (Å²) in [6, 6.07) is 3.76. The minimum absolute atomic E-state index is 0.263. The van der Waals surface area contributed by atoms with E-state index >= 15 is 0 Å². The van der Waals surface area contributed by atoms with Gasteiger partial charge in [-0.1, -0.05) is 23.2 Å². The summed E-state index contributed by atoms with van der Waals surface area (Å²) in [5, 5.41) is 4.54. The molecule has 0 radical (unpaired) electrons. The Labute approximate surface area is 97.6 Å². The third kappa shape index (κ3) is 1.53. The van der Waals surface area contributed by atoms with Crippen molar-refractivity contribution in [1.82, 2.24) is 0 Å². The lowest BCUT2D eigenvalue weighted by atomic mass is 10.3. The second-order valence-electron chi connectivity index (χ2n) is 3.13. The minimum Gasteiger partial charge on any atom is -0.355 e. The summed E-state index contributed by atoms with van der Waals surface area (Å²) in [4.78, 5) is 2.14. The number of rotatable bonds is 1. The highest BCUT2D eigenvalue weighted by molar-refractivity contribution is 7.99. The summed E-state index contributed by atoms with van der Waals surface area (Å²) in [6.45, 7) is 0. The molecule has 14 heavy (non-hydrogen) atoms. The van der Waals surface area contributed by atoms with E-state index in [1.54, 1.807) is 11.8 Å². The first kappa shape index (κ1) is 10.3. The van der Waals surface area contributed by atoms with E-state index in [4.69, 9.17) is 23.2 Å². The zero-order chi connectivity index (χ0) is 10.3. The molecule has 0 saturated carbocycles. The van der Waals surface area contributed by atoms with Crippen molar-refractivity contribution in [2.24, 2.45) is 0 Å². The Morgan fingerprint density at radius 3 is 2.64 bits per heavy atom. The third-order valence-electron chi connectivity index (χ3n) is 2.27. The fraction of sp³-hybridized carbons (Fsp3) is 0.333. The molecule has 1 atom stereocenters. The van der Waals surface area contributed by atoms with E-state index in [1.165, 1.54) is 0 Å². The second-order valence-corrected chi connectivity index (χ2v) is 4.86. The van der Waals surface area contributed by atoms with E-state index in [1.807, 2.05) is 19.2 Å². The maximum absolute atomic E-state index is 5.96. The standard InChI is InChI=1S/C9H10Cl2N2S/c1-13-8-4-6(11)5(10)3-7(8)12-9(13)14-2/h3-4,9,12H,1-2H3. The first-order chi connectivity index (χ1) is 6.63. The number of thioether (sulfide) groups is 1. The first-order valence-corrected chi connectivity index (χ1v) is 6.19. The fourth-order valence-corrected chi connectivity index (χ4v) is 2.51. The van der Waals surface area contributed by atoms with Gasteiger partial charge in [-0.25, -0.2) is 0 Å². The molecule has 0 aliphatic carbocycles. The summed E-state index contributed by atoms with van der Waals surface area (Å²) in [5.41, 5.74) is 2.40. The Morgan fingerprint density at radius 1 is 1.36 bits per heavy atom. The molecule has 1 heterocycles. The summed E-state index contributed by atoms with van der Waals surface area (Å²) in [6.07, 6.45) is 2.06. The van der Waals surface area contributed by atoms with Crippen molar-refractivity contribution < 1.29 is 0 Å². The Kier molecular flexibility index (Phi) is 2.73. The van der Waals surface area contributed by atoms with Crippen molar-refractivity contribution in [1.29, 1.82) is 0 Å². The summed E-state index contributed by atoms with van der Waals surface area (Å²) in [7, 11) is 2.03. The van der Waals surface area contributed by atoms with Crippen molar-refractivity contribution in [2.45, 2.75) is 5.50 Å². The average Bonchev–Trinajstić information content (AvgIpc) is 2.45. The van der Waals surface area contributed by atoms with Crippen molar-refractivity contribution in [3.63, 3.8) is 0 Å². The third-order valence-corrected chi connectivity index (χ3v) is 3.88. The Bertz CT molecular complexity index is 370. The van der Waals surface area contributed by atoms with Crippen LogP contribution in [0.15, 0.2) is 12.1 Å². The van der Waals surface area contributed by atoms with Gasteiger partial charge in [0.25, 0.3) is 0 Å². The molecule has 0 amide bonds. The molecule has 1 unspecified atom stereocenters. The maximum Gasteiger partial charge on any atom is 0.147 e. The predicted molar refractivity (Wildman–Crippen MR) is 65.8 cm³/mol. The molecule has 1 aliphatic heterocycles. The van der Waals surface area contributed by atoms with E-state index < -0.39 is 0 Å². The van der Waals surface area contributed by atoms with Gasteiger partial charge in [-0.2, -0.15) is 0 Å². The highest BCUT2D eigenvalue weighted by Crippen LogP contribution is 2.41. The quantitative estimate of drug-likeness (QED) is 0.820. The van der Waals surface area contributed by atoms with Gasteiger partial charge in [0.2, 0.25) is 0 Å². The second kappa shape index (κ2) is 3.72. The van der Waals surface area contributed by atoms with Crippen LogP contribution >= 0.6 is 35.0 Å². The Balaban J connectivity index is 2.44. The molecule has 1 aromatic carbocycles. The lowest BCUT2D eigenvalue weighted by Crippen LogP contribution is -2.28. The molecule has 0 fully saturated rings. The molecule has 0 aromatic heterocycles. The lowest BCUT2D eigenvalue weighted by Gasteiger charge is -2.19. The largest absolute Gasteiger partial charge is 0.355 e. The number of hydrogen-bond donors (Lipinski definition) is 1. The van der Waals surface area contributed by atoms with Crippen LogP contribution in [0.1, 0.15) is 0 Å². The van der Waals surface area contributed by atoms with Crippen LogP contribution in [0.25, 0.3) is 0 Å². The van der Waals surface area contributed by atoms with Gasteiger partial charge >= 0.3 is 0 Å². The smallest absolute Gasteiger partial charge is 0.147 e. The zero-order valence-electron chi connectivity index (χ0n) is 7.84. The molecule has 5 heteroatoms. The number of nitrogens with zero attached hydrogens (tertiary/aromatic N) is 1. The fourth-order valence-electron chi connectivity index (χ4n) is 1.52. The van der Waals surface area contributed by atoms with Crippen LogP contribution in [0, 0.1) is 0 Å². The average molecular weight is 249 g/mol. The molecule has 0 spiro atoms. The van der Waals surface area contributed by atoms with Crippen molar-refractivity contribution >= 4 is 46.3 Å². The molecule has 2 nitrogen and oxygen atoms in total. The molecule has 0 saturated heterocycles. The van der Waals surface area contributed by atoms with Crippen molar-refractivity contribution in [3.05, 3.63) is 22.2 Å². The maximum atomic E-state index is 5.96.